The van der Waals surface area contributed by atoms with Gasteiger partial charge in [0.05, 0.1) is 11.9 Å². The summed E-state index contributed by atoms with van der Waals surface area (Å²) < 4.78 is 1.53. The molecular formula is C15H13ClN4OS. The Bertz CT molecular complexity index is 769. The van der Waals surface area contributed by atoms with Crippen molar-refractivity contribution in [3.63, 3.8) is 0 Å². The zero-order valence-corrected chi connectivity index (χ0v) is 13.1. The van der Waals surface area contributed by atoms with Crippen LogP contribution in [0, 0.1) is 0 Å². The number of rotatable bonds is 5. The molecule has 5 nitrogen and oxygen atoms in total. The van der Waals surface area contributed by atoms with Crippen LogP contribution in [0.15, 0.2) is 48.0 Å². The van der Waals surface area contributed by atoms with Crippen molar-refractivity contribution in [3.8, 4) is 5.69 Å². The lowest BCUT2D eigenvalue weighted by molar-refractivity contribution is 0.0949. The normalized spacial score (nSPS) is 10.6. The minimum atomic E-state index is -0.232. The Morgan fingerprint density at radius 2 is 2.23 bits per heavy atom. The average molecular weight is 333 g/mol. The molecule has 112 valence electrons. The number of thiophene rings is 1. The average Bonchev–Trinajstić information content (AvgIpc) is 3.19. The molecule has 0 bridgehead atoms. The van der Waals surface area contributed by atoms with Crippen LogP contribution in [0.1, 0.15) is 15.4 Å². The number of amides is 1. The third kappa shape index (κ3) is 3.52. The Morgan fingerprint density at radius 3 is 3.00 bits per heavy atom. The number of carbonyl (C=O) groups is 1. The molecule has 0 spiro atoms. The second-order valence-electron chi connectivity index (χ2n) is 4.61. The molecule has 7 heteroatoms. The highest BCUT2D eigenvalue weighted by atomic mass is 35.5. The van der Waals surface area contributed by atoms with Crippen LogP contribution in [-0.4, -0.2) is 27.4 Å². The molecule has 2 aromatic heterocycles. The van der Waals surface area contributed by atoms with Crippen LogP contribution < -0.4 is 5.32 Å². The summed E-state index contributed by atoms with van der Waals surface area (Å²) in [5.41, 5.74) is 1.05. The summed E-state index contributed by atoms with van der Waals surface area (Å²) in [5.74, 6) is -0.232. The number of aromatic nitrogens is 3. The van der Waals surface area contributed by atoms with E-state index in [2.05, 4.69) is 15.6 Å². The zero-order valence-electron chi connectivity index (χ0n) is 11.6. The molecule has 0 aliphatic rings. The van der Waals surface area contributed by atoms with Crippen LogP contribution in [0.3, 0.4) is 0 Å². The van der Waals surface area contributed by atoms with E-state index in [0.717, 1.165) is 12.1 Å². The number of hydrogen-bond donors (Lipinski definition) is 1. The summed E-state index contributed by atoms with van der Waals surface area (Å²) in [4.78, 5) is 13.3. The fraction of sp³-hybridized carbons (Fsp3) is 0.133. The molecule has 1 N–H and O–H groups in total. The van der Waals surface area contributed by atoms with Crippen molar-refractivity contribution < 1.29 is 4.79 Å². The first-order valence-corrected chi connectivity index (χ1v) is 7.97. The van der Waals surface area contributed by atoms with Gasteiger partial charge < -0.3 is 5.32 Å². The van der Waals surface area contributed by atoms with E-state index in [1.54, 1.807) is 29.7 Å². The zero-order chi connectivity index (χ0) is 15.4. The van der Waals surface area contributed by atoms with E-state index < -0.39 is 0 Å². The van der Waals surface area contributed by atoms with Gasteiger partial charge >= 0.3 is 0 Å². The molecule has 3 aromatic rings. The van der Waals surface area contributed by atoms with Crippen molar-refractivity contribution in [2.24, 2.45) is 0 Å². The van der Waals surface area contributed by atoms with Crippen LogP contribution in [0.25, 0.3) is 5.69 Å². The number of hydrogen-bond acceptors (Lipinski definition) is 4. The second-order valence-corrected chi connectivity index (χ2v) is 6.08. The monoisotopic (exact) mass is 332 g/mol. The van der Waals surface area contributed by atoms with Crippen LogP contribution in [0.5, 0.6) is 0 Å². The maximum atomic E-state index is 12.0. The molecule has 0 saturated carbocycles. The van der Waals surface area contributed by atoms with Crippen molar-refractivity contribution >= 4 is 28.8 Å². The van der Waals surface area contributed by atoms with Crippen LogP contribution in [0.2, 0.25) is 5.02 Å². The number of benzene rings is 1. The van der Waals surface area contributed by atoms with Crippen molar-refractivity contribution in [1.82, 2.24) is 20.3 Å². The highest BCUT2D eigenvalue weighted by Gasteiger charge is 2.11. The van der Waals surface area contributed by atoms with Crippen LogP contribution in [0.4, 0.5) is 0 Å². The van der Waals surface area contributed by atoms with E-state index in [0.29, 0.717) is 11.6 Å². The van der Waals surface area contributed by atoms with Gasteiger partial charge in [-0.3, -0.25) is 4.79 Å². The Balaban J connectivity index is 1.62. The lowest BCUT2D eigenvalue weighted by atomic mass is 10.3. The van der Waals surface area contributed by atoms with Gasteiger partial charge in [0.15, 0.2) is 5.69 Å². The molecule has 0 fully saturated rings. The molecule has 1 aromatic carbocycles. The number of halogens is 1. The van der Waals surface area contributed by atoms with Crippen LogP contribution in [-0.2, 0) is 6.42 Å². The summed E-state index contributed by atoms with van der Waals surface area (Å²) >= 11 is 7.62. The van der Waals surface area contributed by atoms with Gasteiger partial charge in [0, 0.05) is 16.4 Å². The minimum Gasteiger partial charge on any atom is -0.350 e. The third-order valence-corrected chi connectivity index (χ3v) is 4.21. The fourth-order valence-electron chi connectivity index (χ4n) is 1.96. The highest BCUT2D eigenvalue weighted by Crippen LogP contribution is 2.14. The van der Waals surface area contributed by atoms with Crippen molar-refractivity contribution in [2.45, 2.75) is 6.42 Å². The molecule has 0 saturated heterocycles. The lowest BCUT2D eigenvalue weighted by Gasteiger charge is -2.01. The highest BCUT2D eigenvalue weighted by molar-refractivity contribution is 7.09. The summed E-state index contributed by atoms with van der Waals surface area (Å²) in [6.45, 7) is 0.573. The first kappa shape index (κ1) is 14.7. The van der Waals surface area contributed by atoms with Gasteiger partial charge in [-0.25, -0.2) is 4.68 Å². The fourth-order valence-corrected chi connectivity index (χ4v) is 2.85. The summed E-state index contributed by atoms with van der Waals surface area (Å²) in [7, 11) is 0. The molecular weight excluding hydrogens is 320 g/mol. The summed E-state index contributed by atoms with van der Waals surface area (Å²) in [6, 6.07) is 11.2. The predicted octanol–water partition coefficient (Wildman–Crippen LogP) is 2.95. The predicted molar refractivity (Wildman–Crippen MR) is 86.7 cm³/mol. The summed E-state index contributed by atoms with van der Waals surface area (Å²) in [6.07, 6.45) is 2.40. The third-order valence-electron chi connectivity index (χ3n) is 3.04. The van der Waals surface area contributed by atoms with Gasteiger partial charge in [-0.1, -0.05) is 28.9 Å². The van der Waals surface area contributed by atoms with E-state index in [-0.39, 0.29) is 11.6 Å². The Kier molecular flexibility index (Phi) is 4.50. The molecule has 0 radical (unpaired) electrons. The van der Waals surface area contributed by atoms with Gasteiger partial charge in [0.25, 0.3) is 5.91 Å². The van der Waals surface area contributed by atoms with E-state index in [1.807, 2.05) is 29.6 Å². The molecule has 22 heavy (non-hydrogen) atoms. The summed E-state index contributed by atoms with van der Waals surface area (Å²) in [5, 5.41) is 13.3. The topological polar surface area (TPSA) is 59.8 Å². The molecule has 0 aliphatic carbocycles. The van der Waals surface area contributed by atoms with Crippen molar-refractivity contribution in [2.75, 3.05) is 6.54 Å². The minimum absolute atomic E-state index is 0.232. The van der Waals surface area contributed by atoms with E-state index >= 15 is 0 Å². The van der Waals surface area contributed by atoms with Gasteiger partial charge in [0.1, 0.15) is 0 Å². The molecule has 0 aliphatic heterocycles. The van der Waals surface area contributed by atoms with Crippen LogP contribution >= 0.6 is 22.9 Å². The molecule has 3 rings (SSSR count). The Morgan fingerprint density at radius 1 is 1.32 bits per heavy atom. The Labute approximate surface area is 136 Å². The van der Waals surface area contributed by atoms with Gasteiger partial charge in [-0.2, -0.15) is 0 Å². The second kappa shape index (κ2) is 6.72. The molecule has 0 atom stereocenters. The van der Waals surface area contributed by atoms with Crippen molar-refractivity contribution in [3.05, 3.63) is 63.6 Å². The number of carbonyl (C=O) groups excluding carboxylic acids is 1. The van der Waals surface area contributed by atoms with E-state index in [9.17, 15) is 4.79 Å². The Hall–Kier alpha value is -2.18. The number of nitrogens with one attached hydrogen (secondary N) is 1. The molecule has 1 amide bonds. The lowest BCUT2D eigenvalue weighted by Crippen LogP contribution is -2.25. The molecule has 0 unspecified atom stereocenters. The maximum Gasteiger partial charge on any atom is 0.273 e. The first-order chi connectivity index (χ1) is 10.7. The smallest absolute Gasteiger partial charge is 0.273 e. The first-order valence-electron chi connectivity index (χ1n) is 6.71. The standard InChI is InChI=1S/C15H13ClN4OS/c16-11-3-1-4-12(9-11)20-10-14(18-19-20)15(21)17-7-6-13-5-2-8-22-13/h1-5,8-10H,6-7H2,(H,17,21). The van der Waals surface area contributed by atoms with E-state index in [4.69, 9.17) is 11.6 Å². The van der Waals surface area contributed by atoms with Crippen molar-refractivity contribution in [1.29, 1.82) is 0 Å². The quantitative estimate of drug-likeness (QED) is 0.781. The van der Waals surface area contributed by atoms with Gasteiger partial charge in [0.2, 0.25) is 0 Å². The molecule has 2 heterocycles. The van der Waals surface area contributed by atoms with Gasteiger partial charge in [-0.15, -0.1) is 16.4 Å². The SMILES string of the molecule is O=C(NCCc1cccs1)c1cn(-c2cccc(Cl)c2)nn1. The largest absolute Gasteiger partial charge is 0.350 e. The number of nitrogens with zero attached hydrogens (tertiary/aromatic N) is 3. The maximum absolute atomic E-state index is 12.0. The van der Waals surface area contributed by atoms with E-state index in [1.165, 1.54) is 9.56 Å². The van der Waals surface area contributed by atoms with Gasteiger partial charge in [-0.05, 0) is 36.1 Å².